The van der Waals surface area contributed by atoms with Crippen molar-refractivity contribution in [1.29, 1.82) is 0 Å². The fourth-order valence-electron chi connectivity index (χ4n) is 3.15. The van der Waals surface area contributed by atoms with Gasteiger partial charge in [0, 0.05) is 19.1 Å². The molecule has 1 fully saturated rings. The van der Waals surface area contributed by atoms with Crippen LogP contribution in [0.25, 0.3) is 0 Å². The van der Waals surface area contributed by atoms with Crippen molar-refractivity contribution in [3.05, 3.63) is 0 Å². The van der Waals surface area contributed by atoms with E-state index in [9.17, 15) is 0 Å². The van der Waals surface area contributed by atoms with Crippen molar-refractivity contribution >= 4 is 0 Å². The van der Waals surface area contributed by atoms with Crippen molar-refractivity contribution in [3.8, 4) is 0 Å². The summed E-state index contributed by atoms with van der Waals surface area (Å²) in [6.45, 7) is 12.9. The molecule has 1 aliphatic rings. The maximum Gasteiger partial charge on any atom is 0.00926 e. The maximum absolute atomic E-state index is 3.56. The molecule has 1 rings (SSSR count). The molecule has 0 aliphatic heterocycles. The second-order valence-corrected chi connectivity index (χ2v) is 7.17. The highest BCUT2D eigenvalue weighted by Gasteiger charge is 2.26. The molecule has 0 bridgehead atoms. The van der Waals surface area contributed by atoms with Gasteiger partial charge in [-0.15, -0.1) is 0 Å². The zero-order valence-electron chi connectivity index (χ0n) is 13.3. The van der Waals surface area contributed by atoms with Crippen LogP contribution in [0.1, 0.15) is 59.8 Å². The number of nitrogens with one attached hydrogen (secondary N) is 1. The number of hydrogen-bond acceptors (Lipinski definition) is 2. The molecule has 0 radical (unpaired) electrons. The molecule has 0 amide bonds. The monoisotopic (exact) mass is 254 g/mol. The first-order valence-electron chi connectivity index (χ1n) is 7.85. The van der Waals surface area contributed by atoms with E-state index >= 15 is 0 Å². The Morgan fingerprint density at radius 2 is 1.78 bits per heavy atom. The molecular formula is C16H34N2. The van der Waals surface area contributed by atoms with Crippen molar-refractivity contribution in [1.82, 2.24) is 10.2 Å². The van der Waals surface area contributed by atoms with Gasteiger partial charge in [-0.25, -0.2) is 0 Å². The molecule has 0 aromatic carbocycles. The van der Waals surface area contributed by atoms with Gasteiger partial charge in [0.2, 0.25) is 0 Å². The quantitative estimate of drug-likeness (QED) is 0.699. The van der Waals surface area contributed by atoms with Gasteiger partial charge in [0.05, 0.1) is 0 Å². The second kappa shape index (κ2) is 7.49. The molecule has 108 valence electrons. The molecule has 0 aromatic rings. The average molecular weight is 254 g/mol. The molecule has 0 atom stereocenters. The van der Waals surface area contributed by atoms with E-state index in [1.54, 1.807) is 0 Å². The van der Waals surface area contributed by atoms with Crippen molar-refractivity contribution in [3.63, 3.8) is 0 Å². The minimum absolute atomic E-state index is 0.382. The van der Waals surface area contributed by atoms with Crippen LogP contribution in [0.4, 0.5) is 0 Å². The molecule has 1 aliphatic carbocycles. The smallest absolute Gasteiger partial charge is 0.00926 e. The molecule has 2 heteroatoms. The highest BCUT2D eigenvalue weighted by atomic mass is 15.1. The minimum atomic E-state index is 0.382. The number of rotatable bonds is 7. The van der Waals surface area contributed by atoms with Gasteiger partial charge in [0.15, 0.2) is 0 Å². The van der Waals surface area contributed by atoms with Crippen LogP contribution in [-0.2, 0) is 0 Å². The summed E-state index contributed by atoms with van der Waals surface area (Å²) in [6.07, 6.45) is 6.87. The van der Waals surface area contributed by atoms with E-state index in [-0.39, 0.29) is 0 Å². The summed E-state index contributed by atoms with van der Waals surface area (Å²) in [7, 11) is 2.32. The lowest BCUT2D eigenvalue weighted by Gasteiger charge is -2.38. The van der Waals surface area contributed by atoms with Gasteiger partial charge in [-0.3, -0.25) is 0 Å². The van der Waals surface area contributed by atoms with E-state index in [0.717, 1.165) is 25.0 Å². The van der Waals surface area contributed by atoms with Crippen LogP contribution >= 0.6 is 0 Å². The summed E-state index contributed by atoms with van der Waals surface area (Å²) < 4.78 is 0. The first-order valence-corrected chi connectivity index (χ1v) is 7.85. The average Bonchev–Trinajstić information content (AvgIpc) is 2.29. The molecule has 1 saturated carbocycles. The Labute approximate surface area is 115 Å². The molecule has 1 N–H and O–H groups in total. The Morgan fingerprint density at radius 1 is 1.17 bits per heavy atom. The Bertz CT molecular complexity index is 217. The van der Waals surface area contributed by atoms with Crippen LogP contribution in [-0.4, -0.2) is 37.6 Å². The van der Waals surface area contributed by atoms with Gasteiger partial charge < -0.3 is 10.2 Å². The molecule has 2 nitrogen and oxygen atoms in total. The van der Waals surface area contributed by atoms with Crippen molar-refractivity contribution in [2.45, 2.75) is 65.8 Å². The van der Waals surface area contributed by atoms with Crippen LogP contribution in [0.5, 0.6) is 0 Å². The number of hydrogen-bond donors (Lipinski definition) is 1. The summed E-state index contributed by atoms with van der Waals surface area (Å²) in [5, 5.41) is 3.56. The van der Waals surface area contributed by atoms with Gasteiger partial charge in [0.25, 0.3) is 0 Å². The van der Waals surface area contributed by atoms with Crippen LogP contribution in [0.3, 0.4) is 0 Å². The third kappa shape index (κ3) is 5.71. The third-order valence-electron chi connectivity index (χ3n) is 4.32. The highest BCUT2D eigenvalue weighted by Crippen LogP contribution is 2.28. The predicted molar refractivity (Wildman–Crippen MR) is 81.0 cm³/mol. The van der Waals surface area contributed by atoms with Crippen molar-refractivity contribution in [2.75, 3.05) is 26.7 Å². The highest BCUT2D eigenvalue weighted by molar-refractivity contribution is 4.81. The molecule has 0 saturated heterocycles. The predicted octanol–water partition coefficient (Wildman–Crippen LogP) is 3.52. The fourth-order valence-corrected chi connectivity index (χ4v) is 3.15. The molecule has 18 heavy (non-hydrogen) atoms. The third-order valence-corrected chi connectivity index (χ3v) is 4.32. The zero-order valence-corrected chi connectivity index (χ0v) is 13.3. The summed E-state index contributed by atoms with van der Waals surface area (Å²) in [4.78, 5) is 2.61. The van der Waals surface area contributed by atoms with Gasteiger partial charge in [-0.05, 0) is 57.0 Å². The van der Waals surface area contributed by atoms with E-state index < -0.39 is 0 Å². The van der Waals surface area contributed by atoms with Crippen LogP contribution in [0, 0.1) is 11.3 Å². The Morgan fingerprint density at radius 3 is 2.33 bits per heavy atom. The van der Waals surface area contributed by atoms with Crippen molar-refractivity contribution < 1.29 is 0 Å². The summed E-state index contributed by atoms with van der Waals surface area (Å²) >= 11 is 0. The van der Waals surface area contributed by atoms with Gasteiger partial charge in [-0.1, -0.05) is 27.7 Å². The van der Waals surface area contributed by atoms with Crippen LogP contribution in [0.15, 0.2) is 0 Å². The van der Waals surface area contributed by atoms with E-state index in [1.165, 1.54) is 38.6 Å². The van der Waals surface area contributed by atoms with Gasteiger partial charge >= 0.3 is 0 Å². The maximum atomic E-state index is 3.56. The lowest BCUT2D eigenvalue weighted by molar-refractivity contribution is 0.120. The van der Waals surface area contributed by atoms with E-state index in [0.29, 0.717) is 5.41 Å². The molecular weight excluding hydrogens is 220 g/mol. The van der Waals surface area contributed by atoms with Crippen molar-refractivity contribution in [2.24, 2.45) is 11.3 Å². The summed E-state index contributed by atoms with van der Waals surface area (Å²) in [6, 6.07) is 0.826. The lowest BCUT2D eigenvalue weighted by Crippen LogP contribution is -2.44. The molecule has 0 spiro atoms. The van der Waals surface area contributed by atoms with Crippen LogP contribution in [0.2, 0.25) is 0 Å². The Balaban J connectivity index is 2.31. The molecule has 0 heterocycles. The number of nitrogens with zero attached hydrogens (tertiary/aromatic N) is 1. The van der Waals surface area contributed by atoms with E-state index in [1.807, 2.05) is 0 Å². The fraction of sp³-hybridized carbons (Fsp3) is 1.00. The lowest BCUT2D eigenvalue weighted by atomic mass is 9.85. The topological polar surface area (TPSA) is 15.3 Å². The van der Waals surface area contributed by atoms with E-state index in [4.69, 9.17) is 0 Å². The second-order valence-electron chi connectivity index (χ2n) is 7.17. The SMILES string of the molecule is CCCNCC(C)(C)CN(C)C1CCC(C)CC1. The largest absolute Gasteiger partial charge is 0.316 e. The van der Waals surface area contributed by atoms with Crippen LogP contribution < -0.4 is 5.32 Å². The minimum Gasteiger partial charge on any atom is -0.316 e. The summed E-state index contributed by atoms with van der Waals surface area (Å²) in [5.41, 5.74) is 0.382. The Hall–Kier alpha value is -0.0800. The van der Waals surface area contributed by atoms with Gasteiger partial charge in [-0.2, -0.15) is 0 Å². The van der Waals surface area contributed by atoms with E-state index in [2.05, 4.69) is 45.0 Å². The normalized spacial score (nSPS) is 25.7. The Kier molecular flexibility index (Phi) is 6.65. The first-order chi connectivity index (χ1) is 8.44. The molecule has 0 aromatic heterocycles. The zero-order chi connectivity index (χ0) is 13.6. The summed E-state index contributed by atoms with van der Waals surface area (Å²) in [5.74, 6) is 0.953. The first kappa shape index (κ1) is 16.0. The standard InChI is InChI=1S/C16H34N2/c1-6-11-17-12-16(3,4)13-18(5)15-9-7-14(2)8-10-15/h14-15,17H,6-13H2,1-5H3. The van der Waals surface area contributed by atoms with Gasteiger partial charge in [0.1, 0.15) is 0 Å². The molecule has 0 unspecified atom stereocenters.